The number of rotatable bonds is 5. The van der Waals surface area contributed by atoms with E-state index in [1.54, 1.807) is 6.20 Å². The lowest BCUT2D eigenvalue weighted by atomic mass is 10.2. The van der Waals surface area contributed by atoms with Crippen LogP contribution in [-0.4, -0.2) is 24.1 Å². The molecule has 0 N–H and O–H groups in total. The van der Waals surface area contributed by atoms with E-state index in [1.165, 1.54) is 24.7 Å². The third-order valence-electron chi connectivity index (χ3n) is 2.26. The van der Waals surface area contributed by atoms with E-state index in [0.717, 1.165) is 10.6 Å². The molecule has 0 fully saturated rings. The number of hydrogen-bond acceptors (Lipinski definition) is 5. The molecule has 0 saturated carbocycles. The Kier molecular flexibility index (Phi) is 4.20. The van der Waals surface area contributed by atoms with Gasteiger partial charge >= 0.3 is 0 Å². The fraction of sp³-hybridized carbons (Fsp3) is 0.154. The molecule has 0 unspecified atom stereocenters. The molecule has 0 aliphatic carbocycles. The standard InChI is InChI=1S/C13H12N2O2S/c1-17-15-8-7-11(16)12-9-14-13(18-12)10-5-3-2-4-6-10/h2-6,8-9H,7H2,1H3/b15-8-. The van der Waals surface area contributed by atoms with Crippen molar-refractivity contribution >= 4 is 23.3 Å². The molecule has 18 heavy (non-hydrogen) atoms. The normalized spacial score (nSPS) is 10.7. The summed E-state index contributed by atoms with van der Waals surface area (Å²) in [4.78, 5) is 21.2. The van der Waals surface area contributed by atoms with Crippen molar-refractivity contribution in [3.8, 4) is 10.6 Å². The summed E-state index contributed by atoms with van der Waals surface area (Å²) in [6.45, 7) is 0. The Hall–Kier alpha value is -2.01. The molecule has 0 atom stereocenters. The second-order valence-electron chi connectivity index (χ2n) is 3.49. The van der Waals surface area contributed by atoms with Crippen LogP contribution in [0.5, 0.6) is 0 Å². The highest BCUT2D eigenvalue weighted by Crippen LogP contribution is 2.25. The highest BCUT2D eigenvalue weighted by atomic mass is 32.1. The average Bonchev–Trinajstić information content (AvgIpc) is 2.89. The third-order valence-corrected chi connectivity index (χ3v) is 3.35. The predicted molar refractivity (Wildman–Crippen MR) is 72.0 cm³/mol. The van der Waals surface area contributed by atoms with Gasteiger partial charge in [-0.05, 0) is 0 Å². The van der Waals surface area contributed by atoms with Crippen LogP contribution in [0.15, 0.2) is 41.7 Å². The van der Waals surface area contributed by atoms with Gasteiger partial charge in [-0.25, -0.2) is 4.98 Å². The largest absolute Gasteiger partial charge is 0.399 e. The van der Waals surface area contributed by atoms with Crippen molar-refractivity contribution < 1.29 is 9.63 Å². The number of Topliss-reactive ketones (excluding diaryl/α,β-unsaturated/α-hetero) is 1. The molecule has 0 radical (unpaired) electrons. The molecule has 0 bridgehead atoms. The zero-order chi connectivity index (χ0) is 12.8. The van der Waals surface area contributed by atoms with Crippen molar-refractivity contribution in [1.29, 1.82) is 0 Å². The van der Waals surface area contributed by atoms with Gasteiger partial charge in [0.25, 0.3) is 0 Å². The van der Waals surface area contributed by atoms with Crippen molar-refractivity contribution in [2.75, 3.05) is 7.11 Å². The summed E-state index contributed by atoms with van der Waals surface area (Å²) in [7, 11) is 1.45. The maximum absolute atomic E-state index is 11.8. The minimum Gasteiger partial charge on any atom is -0.399 e. The van der Waals surface area contributed by atoms with Gasteiger partial charge in [-0.1, -0.05) is 35.5 Å². The quantitative estimate of drug-likeness (QED) is 0.471. The number of oxime groups is 1. The first kappa shape index (κ1) is 12.4. The Morgan fingerprint density at radius 1 is 1.44 bits per heavy atom. The Morgan fingerprint density at radius 2 is 2.22 bits per heavy atom. The molecule has 1 heterocycles. The molecule has 1 aromatic heterocycles. The summed E-state index contributed by atoms with van der Waals surface area (Å²) in [6, 6.07) is 9.79. The molecular formula is C13H12N2O2S. The van der Waals surface area contributed by atoms with E-state index < -0.39 is 0 Å². The number of hydrogen-bond donors (Lipinski definition) is 0. The minimum absolute atomic E-state index is 0.00418. The van der Waals surface area contributed by atoms with E-state index in [0.29, 0.717) is 4.88 Å². The Balaban J connectivity index is 2.11. The maximum Gasteiger partial charge on any atom is 0.179 e. The lowest BCUT2D eigenvalue weighted by Crippen LogP contribution is -1.96. The van der Waals surface area contributed by atoms with Gasteiger partial charge in [0.1, 0.15) is 12.1 Å². The Bertz CT molecular complexity index is 549. The second kappa shape index (κ2) is 6.07. The van der Waals surface area contributed by atoms with Gasteiger partial charge in [0.05, 0.1) is 17.5 Å². The molecule has 5 heteroatoms. The fourth-order valence-corrected chi connectivity index (χ4v) is 2.28. The maximum atomic E-state index is 11.8. The highest BCUT2D eigenvalue weighted by molar-refractivity contribution is 7.17. The molecule has 92 valence electrons. The molecule has 0 spiro atoms. The van der Waals surface area contributed by atoms with Crippen LogP contribution in [0.1, 0.15) is 16.1 Å². The van der Waals surface area contributed by atoms with Crippen LogP contribution in [0.25, 0.3) is 10.6 Å². The van der Waals surface area contributed by atoms with E-state index in [-0.39, 0.29) is 12.2 Å². The molecule has 0 amide bonds. The monoisotopic (exact) mass is 260 g/mol. The van der Waals surface area contributed by atoms with E-state index in [2.05, 4.69) is 15.0 Å². The SMILES string of the molecule is CO/N=C\CC(=O)c1cnc(-c2ccccc2)s1. The van der Waals surface area contributed by atoms with Crippen molar-refractivity contribution in [1.82, 2.24) is 4.98 Å². The molecule has 4 nitrogen and oxygen atoms in total. The van der Waals surface area contributed by atoms with Crippen molar-refractivity contribution in [3.05, 3.63) is 41.4 Å². The summed E-state index contributed by atoms with van der Waals surface area (Å²) in [5.41, 5.74) is 1.02. The molecule has 0 aliphatic heterocycles. The van der Waals surface area contributed by atoms with E-state index >= 15 is 0 Å². The zero-order valence-electron chi connectivity index (χ0n) is 9.87. The summed E-state index contributed by atoms with van der Waals surface area (Å²) in [5, 5.41) is 4.39. The Morgan fingerprint density at radius 3 is 2.94 bits per heavy atom. The third kappa shape index (κ3) is 3.01. The lowest BCUT2D eigenvalue weighted by Gasteiger charge is -1.93. The summed E-state index contributed by atoms with van der Waals surface area (Å²) in [6.07, 6.45) is 3.28. The molecule has 0 saturated heterocycles. The van der Waals surface area contributed by atoms with Gasteiger partial charge in [0.2, 0.25) is 0 Å². The molecule has 0 aliphatic rings. The summed E-state index contributed by atoms with van der Waals surface area (Å²) >= 11 is 1.39. The van der Waals surface area contributed by atoms with E-state index in [1.807, 2.05) is 30.3 Å². The molecule has 2 rings (SSSR count). The van der Waals surface area contributed by atoms with Crippen LogP contribution in [0, 0.1) is 0 Å². The first-order valence-electron chi connectivity index (χ1n) is 5.40. The number of carbonyl (C=O) groups is 1. The lowest BCUT2D eigenvalue weighted by molar-refractivity contribution is 0.100. The minimum atomic E-state index is -0.00418. The van der Waals surface area contributed by atoms with Crippen LogP contribution in [0.3, 0.4) is 0 Å². The van der Waals surface area contributed by atoms with Crippen LogP contribution in [0.2, 0.25) is 0 Å². The van der Waals surface area contributed by atoms with Crippen LogP contribution >= 0.6 is 11.3 Å². The highest BCUT2D eigenvalue weighted by Gasteiger charge is 2.10. The number of nitrogens with zero attached hydrogens (tertiary/aromatic N) is 2. The number of carbonyl (C=O) groups excluding carboxylic acids is 1. The smallest absolute Gasteiger partial charge is 0.179 e. The topological polar surface area (TPSA) is 51.5 Å². The van der Waals surface area contributed by atoms with Gasteiger partial charge in [0, 0.05) is 11.8 Å². The van der Waals surface area contributed by atoms with Gasteiger partial charge < -0.3 is 4.84 Å². The van der Waals surface area contributed by atoms with Crippen LogP contribution < -0.4 is 0 Å². The van der Waals surface area contributed by atoms with Crippen LogP contribution in [0.4, 0.5) is 0 Å². The van der Waals surface area contributed by atoms with Gasteiger partial charge in [-0.3, -0.25) is 4.79 Å². The average molecular weight is 260 g/mol. The number of aromatic nitrogens is 1. The first-order valence-corrected chi connectivity index (χ1v) is 6.22. The van der Waals surface area contributed by atoms with E-state index in [4.69, 9.17) is 0 Å². The van der Waals surface area contributed by atoms with Crippen molar-refractivity contribution in [2.24, 2.45) is 5.16 Å². The van der Waals surface area contributed by atoms with Gasteiger partial charge in [-0.15, -0.1) is 11.3 Å². The zero-order valence-corrected chi connectivity index (χ0v) is 10.7. The predicted octanol–water partition coefficient (Wildman–Crippen LogP) is 3.02. The van der Waals surface area contributed by atoms with Crippen LogP contribution in [-0.2, 0) is 4.84 Å². The van der Waals surface area contributed by atoms with Crippen molar-refractivity contribution in [3.63, 3.8) is 0 Å². The number of thiazole rings is 1. The molecule has 2 aromatic rings. The first-order chi connectivity index (χ1) is 8.81. The second-order valence-corrected chi connectivity index (χ2v) is 4.52. The summed E-state index contributed by atoms with van der Waals surface area (Å²) < 4.78 is 0. The van der Waals surface area contributed by atoms with Gasteiger partial charge in [-0.2, -0.15) is 0 Å². The van der Waals surface area contributed by atoms with Gasteiger partial charge in [0.15, 0.2) is 5.78 Å². The molecule has 1 aromatic carbocycles. The fourth-order valence-electron chi connectivity index (χ4n) is 1.41. The number of ketones is 1. The molecular weight excluding hydrogens is 248 g/mol. The Labute approximate surface area is 109 Å². The van der Waals surface area contributed by atoms with Crippen molar-refractivity contribution in [2.45, 2.75) is 6.42 Å². The summed E-state index contributed by atoms with van der Waals surface area (Å²) in [5.74, 6) is -0.00418. The van der Waals surface area contributed by atoms with E-state index in [9.17, 15) is 4.79 Å². The number of benzene rings is 1.